The van der Waals surface area contributed by atoms with Crippen molar-refractivity contribution in [3.63, 3.8) is 0 Å². The summed E-state index contributed by atoms with van der Waals surface area (Å²) < 4.78 is 46.6. The molecule has 0 saturated carbocycles. The fraction of sp³-hybridized carbons (Fsp3) is 0.200. The van der Waals surface area contributed by atoms with Crippen LogP contribution in [0, 0.1) is 0 Å². The molecule has 2 heterocycles. The molecule has 5 nitrogen and oxygen atoms in total. The Morgan fingerprint density at radius 2 is 1.89 bits per heavy atom. The van der Waals surface area contributed by atoms with Crippen LogP contribution in [0.2, 0.25) is 0 Å². The van der Waals surface area contributed by atoms with Gasteiger partial charge in [-0.05, 0) is 31.2 Å². The number of carbonyl (C=O) groups excluding carboxylic acids is 1. The highest BCUT2D eigenvalue weighted by molar-refractivity contribution is 5.82. The van der Waals surface area contributed by atoms with Gasteiger partial charge in [-0.15, -0.1) is 0 Å². The van der Waals surface area contributed by atoms with E-state index in [1.54, 1.807) is 31.2 Å². The highest BCUT2D eigenvalue weighted by Crippen LogP contribution is 2.31. The summed E-state index contributed by atoms with van der Waals surface area (Å²) in [7, 11) is 0. The summed E-state index contributed by atoms with van der Waals surface area (Å²) in [5.74, 6) is -1.14. The van der Waals surface area contributed by atoms with Gasteiger partial charge in [-0.25, -0.2) is 4.98 Å². The summed E-state index contributed by atoms with van der Waals surface area (Å²) in [6, 6.07) is 14.9. The average molecular weight is 387 g/mol. The van der Waals surface area contributed by atoms with E-state index in [2.05, 4.69) is 10.3 Å². The number of nitrogens with zero attached hydrogens (tertiary/aromatic N) is 2. The molecular formula is C20H16F3N3O2. The Bertz CT molecular complexity index is 1130. The number of rotatable bonds is 4. The summed E-state index contributed by atoms with van der Waals surface area (Å²) >= 11 is 0. The van der Waals surface area contributed by atoms with Gasteiger partial charge in [0, 0.05) is 5.39 Å². The molecule has 0 spiro atoms. The van der Waals surface area contributed by atoms with E-state index in [0.717, 1.165) is 9.95 Å². The number of furan rings is 1. The van der Waals surface area contributed by atoms with Crippen LogP contribution >= 0.6 is 0 Å². The Labute approximate surface area is 157 Å². The molecule has 0 fully saturated rings. The van der Waals surface area contributed by atoms with Crippen LogP contribution < -0.4 is 5.32 Å². The summed E-state index contributed by atoms with van der Waals surface area (Å²) in [5, 5.41) is 3.58. The number of hydrogen-bond acceptors (Lipinski definition) is 3. The zero-order valence-corrected chi connectivity index (χ0v) is 14.8. The van der Waals surface area contributed by atoms with Crippen LogP contribution in [0.3, 0.4) is 0 Å². The molecule has 0 aliphatic carbocycles. The minimum atomic E-state index is -4.66. The van der Waals surface area contributed by atoms with Crippen LogP contribution in [0.5, 0.6) is 0 Å². The zero-order chi connectivity index (χ0) is 19.9. The van der Waals surface area contributed by atoms with Crippen LogP contribution in [0.1, 0.15) is 24.6 Å². The van der Waals surface area contributed by atoms with Crippen molar-refractivity contribution < 1.29 is 22.4 Å². The molecule has 144 valence electrons. The van der Waals surface area contributed by atoms with Crippen molar-refractivity contribution in [1.29, 1.82) is 0 Å². The van der Waals surface area contributed by atoms with Crippen LogP contribution in [-0.2, 0) is 17.5 Å². The predicted octanol–water partition coefficient (Wildman–Crippen LogP) is 4.68. The molecule has 28 heavy (non-hydrogen) atoms. The largest absolute Gasteiger partial charge is 0.459 e. The van der Waals surface area contributed by atoms with Crippen molar-refractivity contribution >= 4 is 27.9 Å². The fourth-order valence-electron chi connectivity index (χ4n) is 3.17. The van der Waals surface area contributed by atoms with Crippen LogP contribution in [0.25, 0.3) is 22.0 Å². The maximum atomic E-state index is 13.4. The van der Waals surface area contributed by atoms with Crippen molar-refractivity contribution in [2.24, 2.45) is 0 Å². The lowest BCUT2D eigenvalue weighted by atomic mass is 10.2. The van der Waals surface area contributed by atoms with E-state index in [-0.39, 0.29) is 11.0 Å². The first-order valence-corrected chi connectivity index (χ1v) is 8.63. The number of aromatic nitrogens is 2. The second kappa shape index (κ2) is 6.70. The van der Waals surface area contributed by atoms with E-state index in [9.17, 15) is 18.0 Å². The number of para-hydroxylation sites is 3. The number of halogens is 3. The van der Waals surface area contributed by atoms with E-state index < -0.39 is 30.5 Å². The first kappa shape index (κ1) is 18.1. The van der Waals surface area contributed by atoms with Gasteiger partial charge in [0.1, 0.15) is 17.9 Å². The minimum absolute atomic E-state index is 0.188. The first-order chi connectivity index (χ1) is 13.3. The minimum Gasteiger partial charge on any atom is -0.459 e. The average Bonchev–Trinajstić information content (AvgIpc) is 3.23. The van der Waals surface area contributed by atoms with Crippen molar-refractivity contribution in [1.82, 2.24) is 14.9 Å². The molecule has 0 bridgehead atoms. The molecule has 0 saturated heterocycles. The van der Waals surface area contributed by atoms with Gasteiger partial charge < -0.3 is 14.3 Å². The Kier molecular flexibility index (Phi) is 4.33. The zero-order valence-electron chi connectivity index (χ0n) is 14.8. The molecule has 8 heteroatoms. The van der Waals surface area contributed by atoms with Gasteiger partial charge in [-0.2, -0.15) is 13.2 Å². The van der Waals surface area contributed by atoms with Crippen LogP contribution in [0.4, 0.5) is 13.2 Å². The summed E-state index contributed by atoms with van der Waals surface area (Å²) in [6.07, 6.45) is -4.66. The summed E-state index contributed by atoms with van der Waals surface area (Å²) in [5.41, 5.74) is 1.12. The van der Waals surface area contributed by atoms with Gasteiger partial charge in [0.15, 0.2) is 0 Å². The molecular weight excluding hydrogens is 371 g/mol. The summed E-state index contributed by atoms with van der Waals surface area (Å²) in [4.78, 5) is 16.1. The fourth-order valence-corrected chi connectivity index (χ4v) is 3.17. The third-order valence-electron chi connectivity index (χ3n) is 4.46. The lowest BCUT2D eigenvalue weighted by molar-refractivity contribution is -0.147. The maximum Gasteiger partial charge on any atom is 0.449 e. The SMILES string of the molecule is CC(NC(=O)Cn1c(C(F)(F)F)nc2ccccc21)c1cc2ccccc2o1. The van der Waals surface area contributed by atoms with Crippen molar-refractivity contribution in [2.45, 2.75) is 25.7 Å². The lowest BCUT2D eigenvalue weighted by Gasteiger charge is -2.14. The molecule has 1 atom stereocenters. The molecule has 1 unspecified atom stereocenters. The highest BCUT2D eigenvalue weighted by atomic mass is 19.4. The normalized spacial score (nSPS) is 13.1. The highest BCUT2D eigenvalue weighted by Gasteiger charge is 2.38. The van der Waals surface area contributed by atoms with E-state index in [4.69, 9.17) is 4.42 Å². The van der Waals surface area contributed by atoms with Crippen LogP contribution in [-0.4, -0.2) is 15.5 Å². The second-order valence-corrected chi connectivity index (χ2v) is 6.48. The number of nitrogens with one attached hydrogen (secondary N) is 1. The van der Waals surface area contributed by atoms with Gasteiger partial charge in [-0.3, -0.25) is 4.79 Å². The molecule has 0 radical (unpaired) electrons. The van der Waals surface area contributed by atoms with Crippen molar-refractivity contribution in [3.8, 4) is 0 Å². The predicted molar refractivity (Wildman–Crippen MR) is 97.5 cm³/mol. The number of carbonyl (C=O) groups is 1. The smallest absolute Gasteiger partial charge is 0.449 e. The Balaban J connectivity index is 1.58. The summed E-state index contributed by atoms with van der Waals surface area (Å²) in [6.45, 7) is 1.21. The molecule has 1 N–H and O–H groups in total. The van der Waals surface area contributed by atoms with Crippen molar-refractivity contribution in [2.75, 3.05) is 0 Å². The third kappa shape index (κ3) is 3.33. The Morgan fingerprint density at radius 3 is 2.64 bits per heavy atom. The number of amides is 1. The van der Waals surface area contributed by atoms with E-state index in [0.29, 0.717) is 11.3 Å². The number of alkyl halides is 3. The van der Waals surface area contributed by atoms with E-state index in [1.165, 1.54) is 12.1 Å². The third-order valence-corrected chi connectivity index (χ3v) is 4.46. The van der Waals surface area contributed by atoms with Gasteiger partial charge in [0.25, 0.3) is 0 Å². The van der Waals surface area contributed by atoms with Gasteiger partial charge in [0.2, 0.25) is 11.7 Å². The number of benzene rings is 2. The van der Waals surface area contributed by atoms with Crippen LogP contribution in [0.15, 0.2) is 59.0 Å². The Hall–Kier alpha value is -3.29. The standard InChI is InChI=1S/C20H16F3N3O2/c1-12(17-10-13-6-2-5-9-16(13)28-17)24-18(27)11-26-15-8-4-3-7-14(15)25-19(26)20(21,22)23/h2-10,12H,11H2,1H3,(H,24,27). The molecule has 4 aromatic rings. The monoisotopic (exact) mass is 387 g/mol. The van der Waals surface area contributed by atoms with Gasteiger partial charge >= 0.3 is 6.18 Å². The number of fused-ring (bicyclic) bond motifs is 2. The second-order valence-electron chi connectivity index (χ2n) is 6.48. The maximum absolute atomic E-state index is 13.4. The van der Waals surface area contributed by atoms with Crippen molar-refractivity contribution in [3.05, 3.63) is 66.2 Å². The first-order valence-electron chi connectivity index (χ1n) is 8.63. The Morgan fingerprint density at radius 1 is 1.18 bits per heavy atom. The molecule has 4 rings (SSSR count). The molecule has 1 amide bonds. The van der Waals surface area contributed by atoms with E-state index in [1.807, 2.05) is 18.2 Å². The van der Waals surface area contributed by atoms with Gasteiger partial charge in [-0.1, -0.05) is 30.3 Å². The topological polar surface area (TPSA) is 60.1 Å². The molecule has 2 aromatic carbocycles. The molecule has 2 aromatic heterocycles. The number of imidazole rings is 1. The van der Waals surface area contributed by atoms with Gasteiger partial charge in [0.05, 0.1) is 17.1 Å². The molecule has 0 aliphatic heterocycles. The quantitative estimate of drug-likeness (QED) is 0.553. The number of hydrogen-bond donors (Lipinski definition) is 1. The lowest BCUT2D eigenvalue weighted by Crippen LogP contribution is -2.31. The van der Waals surface area contributed by atoms with E-state index >= 15 is 0 Å². The molecule has 0 aliphatic rings.